The molecule has 0 fully saturated rings. The van der Waals surface area contributed by atoms with E-state index < -0.39 is 32.1 Å². The zero-order chi connectivity index (χ0) is 69.1. The SMILES string of the molecule is COc1cc(-c2ccc(Cl)c(C)c2)c(F)cc1-n1c2c(ccc1=O)CCCC2.COc1cc(-c2ccc(Cl)c(C)c2)c(F)cc1-n1c2c(ccc1=O)CN(S(=O)(=O)Nc1cc(C)ncn1)CC2.COc1ccc(CNc2cc(C)ncn2)cc1.O=S(=O)(n1ccnc1)n1ccnc1. The molecule has 2 aliphatic rings. The average molecular weight is 1400 g/mol. The lowest BCUT2D eigenvalue weighted by atomic mass is 9.95. The Morgan fingerprint density at radius 1 is 0.557 bits per heavy atom. The van der Waals surface area contributed by atoms with Gasteiger partial charge < -0.3 is 19.5 Å². The molecule has 0 saturated heterocycles. The standard InChI is InChI=1S/C27H25ClFN5O4S.C23H21ClFNO2.C13H15N3O.C6H6N4O2S/c1-16-10-18(4-6-21(16)28)20-12-25(38-3)24(13-22(20)29)34-23-8-9-33(14-19(23)5-7-27(34)35)39(36,37)32-26-11-17(2)30-15-31-26;1-14-11-16(7-9-18(14)24)17-12-22(28-2)21(13-19(17)25)26-20-6-4-3-5-15(20)8-10-23(26)27;1-10-7-13(16-9-15-10)14-8-11-3-5-12(17-2)6-4-11;11-13(12,9-3-1-7-5-9)10-4-2-8-6-10/h4-7,10-13,15H,8-9,14H2,1-3H3,(H,30,31,32);7-13H,3-6H2,1-2H3;3-7,9H,8H2,1-2H3,(H,14,15,16);1-6H. The monoisotopic (exact) mass is 1390 g/mol. The number of hydrogen-bond acceptors (Lipinski definition) is 16. The molecule has 0 atom stereocenters. The van der Waals surface area contributed by atoms with E-state index in [0.717, 1.165) is 79.8 Å². The molecule has 1 aliphatic carbocycles. The Balaban J connectivity index is 0.000000152. The first-order valence-electron chi connectivity index (χ1n) is 30.3. The number of hydrogen-bond donors (Lipinski definition) is 2. The highest BCUT2D eigenvalue weighted by Crippen LogP contribution is 2.37. The summed E-state index contributed by atoms with van der Waals surface area (Å²) in [6.07, 6.45) is 14.9. The second-order valence-corrected chi connectivity index (χ2v) is 26.6. The fourth-order valence-electron chi connectivity index (χ4n) is 10.9. The van der Waals surface area contributed by atoms with E-state index in [-0.39, 0.29) is 42.1 Å². The predicted octanol–water partition coefficient (Wildman–Crippen LogP) is 12.0. The first-order chi connectivity index (χ1) is 46.5. The van der Waals surface area contributed by atoms with Gasteiger partial charge in [-0.05, 0) is 141 Å². The molecule has 2 N–H and O–H groups in total. The second-order valence-electron chi connectivity index (χ2n) is 22.4. The van der Waals surface area contributed by atoms with Gasteiger partial charge in [0.1, 0.15) is 65.8 Å². The van der Waals surface area contributed by atoms with E-state index in [1.165, 1.54) is 96.7 Å². The van der Waals surface area contributed by atoms with Crippen LogP contribution in [0, 0.1) is 39.3 Å². The first-order valence-corrected chi connectivity index (χ1v) is 33.9. The minimum atomic E-state index is -3.93. The summed E-state index contributed by atoms with van der Waals surface area (Å²) in [6.45, 7) is 8.24. The van der Waals surface area contributed by atoms with Gasteiger partial charge in [-0.15, -0.1) is 0 Å². The Hall–Kier alpha value is -10.1. The van der Waals surface area contributed by atoms with Gasteiger partial charge in [-0.2, -0.15) is 21.1 Å². The number of anilines is 2. The lowest BCUT2D eigenvalue weighted by Gasteiger charge is -2.30. The zero-order valence-corrected chi connectivity index (χ0v) is 56.9. The number of fused-ring (bicyclic) bond motifs is 2. The molecule has 5 aromatic carbocycles. The first kappa shape index (κ1) is 69.7. The average Bonchev–Trinajstić information content (AvgIpc) is 1.37. The van der Waals surface area contributed by atoms with Crippen LogP contribution in [0.4, 0.5) is 20.4 Å². The van der Waals surface area contributed by atoms with Crippen molar-refractivity contribution in [2.24, 2.45) is 0 Å². The molecule has 502 valence electrons. The van der Waals surface area contributed by atoms with Gasteiger partial charge in [-0.1, -0.05) is 59.6 Å². The lowest BCUT2D eigenvalue weighted by Crippen LogP contribution is -2.41. The molecule has 13 rings (SSSR count). The summed E-state index contributed by atoms with van der Waals surface area (Å²) in [5, 5.41) is 4.45. The maximum atomic E-state index is 15.5. The van der Waals surface area contributed by atoms with Gasteiger partial charge in [0.2, 0.25) is 0 Å². The van der Waals surface area contributed by atoms with Crippen LogP contribution in [0.2, 0.25) is 10.0 Å². The van der Waals surface area contributed by atoms with Crippen molar-refractivity contribution >= 4 is 55.3 Å². The third kappa shape index (κ3) is 16.4. The van der Waals surface area contributed by atoms with Crippen LogP contribution in [0.3, 0.4) is 0 Å². The Kier molecular flexibility index (Phi) is 22.1. The van der Waals surface area contributed by atoms with Crippen LogP contribution in [0.25, 0.3) is 33.6 Å². The van der Waals surface area contributed by atoms with E-state index in [9.17, 15) is 26.4 Å². The molecule has 0 radical (unpaired) electrons. The van der Waals surface area contributed by atoms with Crippen molar-refractivity contribution in [2.45, 2.75) is 72.9 Å². The molecular weight excluding hydrogens is 1330 g/mol. The largest absolute Gasteiger partial charge is 0.497 e. The number of imidazole rings is 2. The van der Waals surface area contributed by atoms with E-state index in [4.69, 9.17) is 37.4 Å². The summed E-state index contributed by atoms with van der Waals surface area (Å²) in [6, 6.07) is 34.2. The van der Waals surface area contributed by atoms with Crippen LogP contribution >= 0.6 is 23.2 Å². The number of aryl methyl sites for hydroxylation is 5. The molecule has 22 nitrogen and oxygen atoms in total. The molecule has 0 amide bonds. The number of halogens is 4. The summed E-state index contributed by atoms with van der Waals surface area (Å²) in [7, 11) is -2.83. The van der Waals surface area contributed by atoms with Crippen LogP contribution in [-0.2, 0) is 52.8 Å². The summed E-state index contributed by atoms with van der Waals surface area (Å²) in [4.78, 5) is 49.2. The molecule has 6 aromatic heterocycles. The van der Waals surface area contributed by atoms with Crippen molar-refractivity contribution in [1.82, 2.24) is 51.3 Å². The van der Waals surface area contributed by atoms with Crippen LogP contribution in [0.5, 0.6) is 17.2 Å². The predicted molar refractivity (Wildman–Crippen MR) is 369 cm³/mol. The highest BCUT2D eigenvalue weighted by molar-refractivity contribution is 7.90. The third-order valence-electron chi connectivity index (χ3n) is 15.9. The topological polar surface area (TPSA) is 254 Å². The maximum Gasteiger partial charge on any atom is 0.335 e. The van der Waals surface area contributed by atoms with Crippen LogP contribution in [0.15, 0.2) is 181 Å². The third-order valence-corrected chi connectivity index (χ3v) is 19.7. The minimum absolute atomic E-state index is 0.0158. The number of rotatable bonds is 15. The van der Waals surface area contributed by atoms with Crippen molar-refractivity contribution in [3.05, 3.63) is 264 Å². The molecule has 7 heterocycles. The molecule has 97 heavy (non-hydrogen) atoms. The molecule has 1 aliphatic heterocycles. The molecule has 0 saturated carbocycles. The van der Waals surface area contributed by atoms with Gasteiger partial charge in [-0.25, -0.2) is 46.6 Å². The van der Waals surface area contributed by atoms with Crippen LogP contribution in [0.1, 0.15) is 63.4 Å². The Bertz CT molecular complexity index is 4970. The number of nitrogens with one attached hydrogen (secondary N) is 2. The van der Waals surface area contributed by atoms with Crippen molar-refractivity contribution in [1.29, 1.82) is 0 Å². The number of methoxy groups -OCH3 is 3. The molecule has 0 bridgehead atoms. The summed E-state index contributed by atoms with van der Waals surface area (Å²) in [5.74, 6) is 1.68. The Labute approximate surface area is 569 Å². The van der Waals surface area contributed by atoms with Crippen molar-refractivity contribution in [3.8, 4) is 50.9 Å². The van der Waals surface area contributed by atoms with Gasteiger partial charge in [0, 0.05) is 131 Å². The number of nitrogens with zero attached hydrogens (tertiary/aromatic N) is 11. The van der Waals surface area contributed by atoms with Crippen molar-refractivity contribution in [2.75, 3.05) is 37.9 Å². The highest BCUT2D eigenvalue weighted by atomic mass is 35.5. The van der Waals surface area contributed by atoms with E-state index >= 15 is 8.78 Å². The minimum Gasteiger partial charge on any atom is -0.497 e. The Morgan fingerprint density at radius 3 is 1.56 bits per heavy atom. The number of pyridine rings is 2. The number of benzene rings is 5. The Morgan fingerprint density at radius 2 is 1.06 bits per heavy atom. The molecular formula is C69H67Cl2F2N13O9S2. The fourth-order valence-corrected chi connectivity index (χ4v) is 13.3. The highest BCUT2D eigenvalue weighted by Gasteiger charge is 2.30. The summed E-state index contributed by atoms with van der Waals surface area (Å²) in [5.41, 5.74) is 9.89. The number of aromatic nitrogens is 10. The molecule has 0 unspecified atom stereocenters. The maximum absolute atomic E-state index is 15.5. The van der Waals surface area contributed by atoms with Crippen LogP contribution < -0.4 is 35.4 Å². The van der Waals surface area contributed by atoms with E-state index in [1.54, 1.807) is 79.5 Å². The molecule has 0 spiro atoms. The summed E-state index contributed by atoms with van der Waals surface area (Å²) >= 11 is 12.2. The van der Waals surface area contributed by atoms with E-state index in [1.807, 2.05) is 63.2 Å². The zero-order valence-electron chi connectivity index (χ0n) is 53.7. The van der Waals surface area contributed by atoms with Gasteiger partial charge in [-0.3, -0.25) is 23.4 Å². The lowest BCUT2D eigenvalue weighted by molar-refractivity contribution is 0.385. The molecule has 28 heteroatoms. The van der Waals surface area contributed by atoms with Gasteiger partial charge >= 0.3 is 20.4 Å². The fraction of sp³-hybridized carbons (Fsp3) is 0.217. The normalized spacial score (nSPS) is 12.6. The quantitative estimate of drug-likeness (QED) is 0.0967. The smallest absolute Gasteiger partial charge is 0.335 e. The van der Waals surface area contributed by atoms with Gasteiger partial charge in [0.15, 0.2) is 0 Å². The van der Waals surface area contributed by atoms with Crippen molar-refractivity contribution < 1.29 is 39.8 Å². The molecule has 11 aromatic rings. The van der Waals surface area contributed by atoms with Gasteiger partial charge in [0.25, 0.3) is 11.1 Å². The van der Waals surface area contributed by atoms with E-state index in [0.29, 0.717) is 66.4 Å². The second kappa shape index (κ2) is 30.7. The van der Waals surface area contributed by atoms with Gasteiger partial charge in [0.05, 0.1) is 32.7 Å². The van der Waals surface area contributed by atoms with E-state index in [2.05, 4.69) is 39.9 Å². The van der Waals surface area contributed by atoms with Crippen molar-refractivity contribution in [3.63, 3.8) is 0 Å². The van der Waals surface area contributed by atoms with Crippen LogP contribution in [-0.4, -0.2) is 96.0 Å². The number of ether oxygens (including phenoxy) is 3. The summed E-state index contributed by atoms with van der Waals surface area (Å²) < 4.78 is 105.